The van der Waals surface area contributed by atoms with E-state index in [0.29, 0.717) is 24.2 Å². The summed E-state index contributed by atoms with van der Waals surface area (Å²) in [5, 5.41) is 5.97. The van der Waals surface area contributed by atoms with Gasteiger partial charge in [0.05, 0.1) is 34.9 Å². The number of amides is 1. The number of carbonyl (C=O) groups is 1. The Balaban J connectivity index is 1.50. The van der Waals surface area contributed by atoms with Crippen molar-refractivity contribution < 1.29 is 27.1 Å². The number of halogens is 4. The molecule has 0 bridgehead atoms. The molecule has 3 aromatic rings. The third-order valence-electron chi connectivity index (χ3n) is 6.49. The van der Waals surface area contributed by atoms with Gasteiger partial charge in [0.2, 0.25) is 5.88 Å². The van der Waals surface area contributed by atoms with Crippen molar-refractivity contribution in [1.82, 2.24) is 20.3 Å². The molecule has 1 amide bonds. The lowest BCUT2D eigenvalue weighted by molar-refractivity contribution is -0.0532. The fraction of sp³-hybridized carbons (Fsp3) is 0.269. The van der Waals surface area contributed by atoms with Crippen LogP contribution in [0.1, 0.15) is 40.2 Å². The number of nitrogens with zero attached hydrogens (tertiary/aromatic N) is 4. The van der Waals surface area contributed by atoms with Gasteiger partial charge in [-0.15, -0.1) is 0 Å². The van der Waals surface area contributed by atoms with Gasteiger partial charge in [0, 0.05) is 18.8 Å². The van der Waals surface area contributed by atoms with E-state index in [1.54, 1.807) is 36.5 Å². The Morgan fingerprint density at radius 3 is 2.49 bits per heavy atom. The molecule has 0 saturated heterocycles. The molecular weight excluding hydrogens is 490 g/mol. The summed E-state index contributed by atoms with van der Waals surface area (Å²) >= 11 is 0. The number of hydrogen-bond acceptors (Lipinski definition) is 6. The van der Waals surface area contributed by atoms with Crippen LogP contribution in [0.15, 0.2) is 60.6 Å². The van der Waals surface area contributed by atoms with Gasteiger partial charge >= 0.3 is 6.61 Å². The Kier molecular flexibility index (Phi) is 6.22. The number of carbonyl (C=O) groups excluding carboxylic acids is 1. The molecule has 5 rings (SSSR count). The molecule has 3 heterocycles. The topological polar surface area (TPSA) is 70.6 Å². The van der Waals surface area contributed by atoms with Crippen LogP contribution in [0, 0.1) is 12.7 Å². The number of aromatic nitrogens is 2. The highest BCUT2D eigenvalue weighted by Crippen LogP contribution is 2.45. The largest absolute Gasteiger partial charge is 0.416 e. The number of nitrogens with one attached hydrogen (secondary N) is 1. The summed E-state index contributed by atoms with van der Waals surface area (Å²) in [7, 11) is 1.61. The molecule has 2 aliphatic rings. The van der Waals surface area contributed by atoms with E-state index in [2.05, 4.69) is 20.0 Å². The zero-order chi connectivity index (χ0) is 26.3. The van der Waals surface area contributed by atoms with Gasteiger partial charge in [0.1, 0.15) is 17.2 Å². The second kappa shape index (κ2) is 9.38. The predicted molar refractivity (Wildman–Crippen MR) is 128 cm³/mol. The number of ether oxygens (including phenoxy) is 1. The van der Waals surface area contributed by atoms with Crippen molar-refractivity contribution in [3.8, 4) is 5.88 Å². The lowest BCUT2D eigenvalue weighted by Gasteiger charge is -2.30. The fourth-order valence-electron chi connectivity index (χ4n) is 4.47. The molecule has 7 nitrogen and oxygen atoms in total. The standard InChI is InChI=1S/C26H23F4N5O2/c1-15-18(22-20(28)14-35(34(22)2)17-8-6-16(27)7-9-17)13-19(24(32-15)37-25(29)30)23(36)33-26(10-11-26)21-5-3-4-12-31-21/h3-9,12-13,25H,10-11,14H2,1-2H3,(H,33,36). The average molecular weight is 513 g/mol. The SMILES string of the molecule is Cc1nc(OC(F)F)c(C(=O)NC2(c3ccccn3)CC2)cc1C1=C(F)CN(c2ccc(F)cc2)N1C. The molecule has 11 heteroatoms. The van der Waals surface area contributed by atoms with Gasteiger partial charge in [0.15, 0.2) is 0 Å². The third-order valence-corrected chi connectivity index (χ3v) is 6.49. The first-order valence-electron chi connectivity index (χ1n) is 11.5. The first kappa shape index (κ1) is 24.5. The minimum Gasteiger partial charge on any atom is -0.416 e. The molecule has 1 aromatic carbocycles. The summed E-state index contributed by atoms with van der Waals surface area (Å²) in [6.45, 7) is -1.84. The Labute approximate surface area is 210 Å². The minimum atomic E-state index is -3.21. The van der Waals surface area contributed by atoms with E-state index in [-0.39, 0.29) is 29.1 Å². The van der Waals surface area contributed by atoms with Gasteiger partial charge in [-0.2, -0.15) is 8.78 Å². The van der Waals surface area contributed by atoms with Crippen LogP contribution >= 0.6 is 0 Å². The van der Waals surface area contributed by atoms with E-state index in [0.717, 1.165) is 0 Å². The summed E-state index contributed by atoms with van der Waals surface area (Å²) < 4.78 is 59.6. The fourth-order valence-corrected chi connectivity index (χ4v) is 4.47. The molecule has 2 aromatic heterocycles. The van der Waals surface area contributed by atoms with Gasteiger partial charge in [0.25, 0.3) is 5.91 Å². The first-order chi connectivity index (χ1) is 17.7. The van der Waals surface area contributed by atoms with Gasteiger partial charge in [-0.3, -0.25) is 19.8 Å². The molecule has 0 atom stereocenters. The second-order valence-corrected chi connectivity index (χ2v) is 8.91. The Morgan fingerprint density at radius 1 is 1.14 bits per heavy atom. The van der Waals surface area contributed by atoms with Crippen LogP contribution in [0.25, 0.3) is 5.70 Å². The minimum absolute atomic E-state index is 0.109. The van der Waals surface area contributed by atoms with E-state index in [1.165, 1.54) is 42.3 Å². The molecule has 1 N–H and O–H groups in total. The summed E-state index contributed by atoms with van der Waals surface area (Å²) in [6, 6.07) is 12.2. The Bertz CT molecular complexity index is 1360. The number of rotatable bonds is 7. The maximum atomic E-state index is 15.3. The summed E-state index contributed by atoms with van der Waals surface area (Å²) in [5.41, 5.74) is 0.755. The number of hydrazine groups is 1. The van der Waals surface area contributed by atoms with Crippen molar-refractivity contribution in [2.45, 2.75) is 31.9 Å². The number of hydrogen-bond donors (Lipinski definition) is 1. The molecule has 192 valence electrons. The van der Waals surface area contributed by atoms with E-state index in [1.807, 2.05) is 0 Å². The highest BCUT2D eigenvalue weighted by atomic mass is 19.3. The summed E-state index contributed by atoms with van der Waals surface area (Å²) in [5.74, 6) is -2.20. The van der Waals surface area contributed by atoms with Crippen molar-refractivity contribution in [3.63, 3.8) is 0 Å². The molecule has 1 fully saturated rings. The van der Waals surface area contributed by atoms with Crippen LogP contribution in [0.5, 0.6) is 5.88 Å². The van der Waals surface area contributed by atoms with Crippen molar-refractivity contribution in [3.05, 3.63) is 88.9 Å². The monoisotopic (exact) mass is 513 g/mol. The zero-order valence-electron chi connectivity index (χ0n) is 20.0. The lowest BCUT2D eigenvalue weighted by Crippen LogP contribution is -2.36. The molecule has 0 unspecified atom stereocenters. The highest BCUT2D eigenvalue weighted by Gasteiger charge is 2.47. The van der Waals surface area contributed by atoms with Gasteiger partial charge < -0.3 is 10.1 Å². The van der Waals surface area contributed by atoms with E-state index in [4.69, 9.17) is 0 Å². The quantitative estimate of drug-likeness (QED) is 0.451. The van der Waals surface area contributed by atoms with Gasteiger partial charge in [-0.05, 0) is 62.2 Å². The molecule has 37 heavy (non-hydrogen) atoms. The lowest BCUT2D eigenvalue weighted by atomic mass is 10.1. The smallest absolute Gasteiger partial charge is 0.388 e. The Hall–Kier alpha value is -4.15. The highest BCUT2D eigenvalue weighted by molar-refractivity contribution is 5.98. The molecule has 1 aliphatic carbocycles. The molecule has 1 saturated carbocycles. The van der Waals surface area contributed by atoms with E-state index in [9.17, 15) is 18.0 Å². The zero-order valence-corrected chi connectivity index (χ0v) is 20.0. The first-order valence-corrected chi connectivity index (χ1v) is 11.5. The molecule has 0 spiro atoms. The van der Waals surface area contributed by atoms with Crippen LogP contribution < -0.4 is 15.1 Å². The van der Waals surface area contributed by atoms with Crippen LogP contribution in [0.3, 0.4) is 0 Å². The number of pyridine rings is 2. The summed E-state index contributed by atoms with van der Waals surface area (Å²) in [6.07, 6.45) is 2.86. The van der Waals surface area contributed by atoms with Gasteiger partial charge in [-0.25, -0.2) is 13.8 Å². The molecular formula is C26H23F4N5O2. The maximum absolute atomic E-state index is 15.3. The van der Waals surface area contributed by atoms with Crippen LogP contribution in [-0.4, -0.2) is 41.1 Å². The number of alkyl halides is 2. The predicted octanol–water partition coefficient (Wildman–Crippen LogP) is 4.95. The van der Waals surface area contributed by atoms with Crippen LogP contribution in [-0.2, 0) is 5.54 Å². The number of anilines is 1. The molecule has 0 radical (unpaired) electrons. The van der Waals surface area contributed by atoms with Crippen molar-refractivity contribution in [2.24, 2.45) is 0 Å². The number of benzene rings is 1. The summed E-state index contributed by atoms with van der Waals surface area (Å²) in [4.78, 5) is 21.8. The van der Waals surface area contributed by atoms with E-state index < -0.39 is 35.6 Å². The third kappa shape index (κ3) is 4.68. The van der Waals surface area contributed by atoms with Crippen molar-refractivity contribution in [1.29, 1.82) is 0 Å². The van der Waals surface area contributed by atoms with Gasteiger partial charge in [-0.1, -0.05) is 6.07 Å². The van der Waals surface area contributed by atoms with Crippen LogP contribution in [0.4, 0.5) is 23.2 Å². The van der Waals surface area contributed by atoms with E-state index >= 15 is 4.39 Å². The molecule has 1 aliphatic heterocycles. The number of aryl methyl sites for hydroxylation is 1. The average Bonchev–Trinajstić information content (AvgIpc) is 3.59. The van der Waals surface area contributed by atoms with Crippen molar-refractivity contribution >= 4 is 17.3 Å². The normalized spacial score (nSPS) is 16.4. The second-order valence-electron chi connectivity index (χ2n) is 8.91. The Morgan fingerprint density at radius 2 is 1.86 bits per heavy atom. The van der Waals surface area contributed by atoms with Crippen molar-refractivity contribution in [2.75, 3.05) is 18.6 Å². The maximum Gasteiger partial charge on any atom is 0.388 e. The van der Waals surface area contributed by atoms with Crippen LogP contribution in [0.2, 0.25) is 0 Å².